The highest BCUT2D eigenvalue weighted by Gasteiger charge is 2.38. The minimum absolute atomic E-state index is 0.324. The molecule has 0 radical (unpaired) electrons. The van der Waals surface area contributed by atoms with Crippen molar-refractivity contribution in [2.75, 3.05) is 13.7 Å². The number of nitrogens with zero attached hydrogens (tertiary/aromatic N) is 2. The van der Waals surface area contributed by atoms with Gasteiger partial charge >= 0.3 is 12.1 Å². The van der Waals surface area contributed by atoms with E-state index in [1.54, 1.807) is 11.3 Å². The molecule has 1 N–H and O–H groups in total. The maximum absolute atomic E-state index is 10.6. The number of alkyl halides is 3. The number of carboxylic acids is 1. The molecule has 0 aliphatic carbocycles. The average molecular weight is 416 g/mol. The van der Waals surface area contributed by atoms with Crippen molar-refractivity contribution in [2.24, 2.45) is 0 Å². The summed E-state index contributed by atoms with van der Waals surface area (Å²) in [6.45, 7) is 4.09. The van der Waals surface area contributed by atoms with Gasteiger partial charge in [0.15, 0.2) is 0 Å². The van der Waals surface area contributed by atoms with Crippen molar-refractivity contribution in [3.05, 3.63) is 52.0 Å². The Bertz CT molecular complexity index is 752. The van der Waals surface area contributed by atoms with E-state index in [4.69, 9.17) is 14.6 Å². The van der Waals surface area contributed by atoms with Gasteiger partial charge in [0.05, 0.1) is 16.8 Å². The Morgan fingerprint density at radius 1 is 1.36 bits per heavy atom. The van der Waals surface area contributed by atoms with Gasteiger partial charge in [-0.05, 0) is 25.3 Å². The first-order chi connectivity index (χ1) is 13.2. The number of rotatable bonds is 5. The molecular weight excluding hydrogens is 393 g/mol. The standard InChI is InChI=1S/C17H22N2OS.C2HF3O2/c1-13-18-15(12-21-13)11-19-9-8-17(20-2)16(19)10-14-6-4-3-5-7-14;3-2(4,5)1(6)7/h3-7,12,16-17H,8-11H2,1-2H3;(H,6,7)/t16-,17+;/m0./s1. The normalized spacial score (nSPS) is 19.9. The molecule has 154 valence electrons. The largest absolute Gasteiger partial charge is 0.490 e. The molecule has 1 aliphatic heterocycles. The van der Waals surface area contributed by atoms with E-state index in [0.717, 1.165) is 30.9 Å². The van der Waals surface area contributed by atoms with Crippen LogP contribution in [-0.4, -0.2) is 52.9 Å². The molecular formula is C19H23F3N2O3S. The molecule has 1 aromatic carbocycles. The van der Waals surface area contributed by atoms with Crippen LogP contribution in [0.5, 0.6) is 0 Å². The molecule has 0 amide bonds. The van der Waals surface area contributed by atoms with Crippen LogP contribution in [0.25, 0.3) is 0 Å². The number of methoxy groups -OCH3 is 1. The molecule has 1 aliphatic rings. The van der Waals surface area contributed by atoms with E-state index in [1.807, 2.05) is 7.11 Å². The molecule has 1 saturated heterocycles. The SMILES string of the molecule is CO[C@@H]1CCN(Cc2csc(C)n2)[C@H]1Cc1ccccc1.O=C(O)C(F)(F)F. The Kier molecular flexibility index (Phi) is 7.97. The van der Waals surface area contributed by atoms with Crippen LogP contribution in [0.1, 0.15) is 22.7 Å². The van der Waals surface area contributed by atoms with Gasteiger partial charge in [-0.3, -0.25) is 4.90 Å². The minimum Gasteiger partial charge on any atom is -0.475 e. The molecule has 2 heterocycles. The lowest BCUT2D eigenvalue weighted by atomic mass is 10.0. The van der Waals surface area contributed by atoms with Crippen LogP contribution in [0, 0.1) is 6.92 Å². The lowest BCUT2D eigenvalue weighted by Gasteiger charge is -2.27. The molecule has 0 bridgehead atoms. The molecule has 2 atom stereocenters. The van der Waals surface area contributed by atoms with Crippen LogP contribution in [0.15, 0.2) is 35.7 Å². The molecule has 1 aromatic heterocycles. The van der Waals surface area contributed by atoms with Crippen molar-refractivity contribution in [1.29, 1.82) is 0 Å². The van der Waals surface area contributed by atoms with Gasteiger partial charge in [-0.2, -0.15) is 13.2 Å². The first-order valence-electron chi connectivity index (χ1n) is 8.72. The lowest BCUT2D eigenvalue weighted by Crippen LogP contribution is -2.37. The van der Waals surface area contributed by atoms with E-state index in [0.29, 0.717) is 12.1 Å². The second-order valence-corrected chi connectivity index (χ2v) is 7.51. The summed E-state index contributed by atoms with van der Waals surface area (Å²) in [6.07, 6.45) is -2.61. The summed E-state index contributed by atoms with van der Waals surface area (Å²) in [4.78, 5) is 16.0. The molecule has 5 nitrogen and oxygen atoms in total. The summed E-state index contributed by atoms with van der Waals surface area (Å²) in [5.74, 6) is -2.76. The Labute approximate surface area is 165 Å². The molecule has 1 fully saturated rings. The third kappa shape index (κ3) is 6.57. The van der Waals surface area contributed by atoms with Crippen molar-refractivity contribution < 1.29 is 27.8 Å². The number of benzene rings is 1. The van der Waals surface area contributed by atoms with Crippen molar-refractivity contribution in [3.63, 3.8) is 0 Å². The molecule has 3 rings (SSSR count). The molecule has 9 heteroatoms. The van der Waals surface area contributed by atoms with Gasteiger partial charge in [0.1, 0.15) is 0 Å². The number of hydrogen-bond donors (Lipinski definition) is 1. The highest BCUT2D eigenvalue weighted by atomic mass is 32.1. The number of ether oxygens (including phenoxy) is 1. The molecule has 28 heavy (non-hydrogen) atoms. The van der Waals surface area contributed by atoms with E-state index in [1.165, 1.54) is 11.3 Å². The Morgan fingerprint density at radius 3 is 2.50 bits per heavy atom. The van der Waals surface area contributed by atoms with Gasteiger partial charge in [0.2, 0.25) is 0 Å². The number of hydrogen-bond acceptors (Lipinski definition) is 5. The van der Waals surface area contributed by atoms with Crippen LogP contribution in [0.2, 0.25) is 0 Å². The van der Waals surface area contributed by atoms with Gasteiger partial charge < -0.3 is 9.84 Å². The second-order valence-electron chi connectivity index (χ2n) is 6.45. The summed E-state index contributed by atoms with van der Waals surface area (Å²) in [5.41, 5.74) is 2.57. The number of aliphatic carboxylic acids is 1. The topological polar surface area (TPSA) is 62.7 Å². The predicted molar refractivity (Wildman–Crippen MR) is 100 cm³/mol. The van der Waals surface area contributed by atoms with Gasteiger partial charge in [0, 0.05) is 31.6 Å². The summed E-state index contributed by atoms with van der Waals surface area (Å²) in [5, 5.41) is 10.4. The van der Waals surface area contributed by atoms with Gasteiger partial charge in [0.25, 0.3) is 0 Å². The van der Waals surface area contributed by atoms with Crippen LogP contribution in [0.4, 0.5) is 13.2 Å². The number of likely N-dealkylation sites (tertiary alicyclic amines) is 1. The maximum atomic E-state index is 10.6. The number of carboxylic acid groups (broad SMARTS) is 1. The van der Waals surface area contributed by atoms with Crippen LogP contribution in [-0.2, 0) is 22.5 Å². The van der Waals surface area contributed by atoms with E-state index in [9.17, 15) is 13.2 Å². The zero-order valence-electron chi connectivity index (χ0n) is 15.6. The Hall–Kier alpha value is -1.97. The first-order valence-corrected chi connectivity index (χ1v) is 9.60. The van der Waals surface area contributed by atoms with E-state index in [-0.39, 0.29) is 0 Å². The van der Waals surface area contributed by atoms with Gasteiger partial charge in [-0.1, -0.05) is 30.3 Å². The van der Waals surface area contributed by atoms with Gasteiger partial charge in [-0.15, -0.1) is 11.3 Å². The Morgan fingerprint density at radius 2 is 2.00 bits per heavy atom. The molecule has 0 spiro atoms. The third-order valence-corrected chi connectivity index (χ3v) is 5.29. The van der Waals surface area contributed by atoms with Crippen LogP contribution >= 0.6 is 11.3 Å². The minimum atomic E-state index is -5.08. The predicted octanol–water partition coefficient (Wildman–Crippen LogP) is 3.92. The van der Waals surface area contributed by atoms with E-state index < -0.39 is 12.1 Å². The van der Waals surface area contributed by atoms with E-state index >= 15 is 0 Å². The quantitative estimate of drug-likeness (QED) is 0.801. The summed E-state index contributed by atoms with van der Waals surface area (Å²) in [6, 6.07) is 11.1. The van der Waals surface area contributed by atoms with Crippen molar-refractivity contribution in [2.45, 2.75) is 44.6 Å². The summed E-state index contributed by atoms with van der Waals surface area (Å²) in [7, 11) is 1.83. The number of thiazole rings is 1. The maximum Gasteiger partial charge on any atom is 0.490 e. The van der Waals surface area contributed by atoms with Crippen LogP contribution in [0.3, 0.4) is 0 Å². The smallest absolute Gasteiger partial charge is 0.475 e. The fourth-order valence-electron chi connectivity index (χ4n) is 3.16. The van der Waals surface area contributed by atoms with Crippen molar-refractivity contribution in [1.82, 2.24) is 9.88 Å². The summed E-state index contributed by atoms with van der Waals surface area (Å²) >= 11 is 1.73. The number of carbonyl (C=O) groups is 1. The highest BCUT2D eigenvalue weighted by Crippen LogP contribution is 2.26. The molecule has 2 aromatic rings. The van der Waals surface area contributed by atoms with Crippen molar-refractivity contribution >= 4 is 17.3 Å². The second kappa shape index (κ2) is 9.99. The number of aromatic nitrogens is 1. The summed E-state index contributed by atoms with van der Waals surface area (Å²) < 4.78 is 37.4. The molecule has 0 unspecified atom stereocenters. The van der Waals surface area contributed by atoms with E-state index in [2.05, 4.69) is 52.5 Å². The zero-order chi connectivity index (χ0) is 20.7. The molecule has 0 saturated carbocycles. The number of halogens is 3. The van der Waals surface area contributed by atoms with Gasteiger partial charge in [-0.25, -0.2) is 9.78 Å². The Balaban J connectivity index is 0.000000345. The third-order valence-electron chi connectivity index (χ3n) is 4.46. The van der Waals surface area contributed by atoms with Crippen LogP contribution < -0.4 is 0 Å². The monoisotopic (exact) mass is 416 g/mol. The fourth-order valence-corrected chi connectivity index (χ4v) is 3.77. The fraction of sp³-hybridized carbons (Fsp3) is 0.474. The zero-order valence-corrected chi connectivity index (χ0v) is 16.5. The average Bonchev–Trinajstić information content (AvgIpc) is 3.22. The number of aryl methyl sites for hydroxylation is 1. The highest BCUT2D eigenvalue weighted by molar-refractivity contribution is 7.09. The van der Waals surface area contributed by atoms with Crippen molar-refractivity contribution in [3.8, 4) is 0 Å². The first kappa shape index (κ1) is 22.3. The lowest BCUT2D eigenvalue weighted by molar-refractivity contribution is -0.192.